The fraction of sp³-hybridized carbons (Fsp3) is 0.562. The number of rotatable bonds is 8. The maximum absolute atomic E-state index is 11.1. The molecule has 20 heavy (non-hydrogen) atoms. The summed E-state index contributed by atoms with van der Waals surface area (Å²) in [6.07, 6.45) is 3.80. The minimum absolute atomic E-state index is 0.203. The lowest BCUT2D eigenvalue weighted by molar-refractivity contribution is -0.119. The average Bonchev–Trinajstić information content (AvgIpc) is 2.85. The van der Waals surface area contributed by atoms with E-state index in [-0.39, 0.29) is 5.91 Å². The first-order valence-corrected chi connectivity index (χ1v) is 7.55. The van der Waals surface area contributed by atoms with Gasteiger partial charge in [0.15, 0.2) is 0 Å². The van der Waals surface area contributed by atoms with Gasteiger partial charge in [0.05, 0.1) is 0 Å². The lowest BCUT2D eigenvalue weighted by atomic mass is 10.1. The van der Waals surface area contributed by atoms with Crippen molar-refractivity contribution in [3.63, 3.8) is 0 Å². The highest BCUT2D eigenvalue weighted by Crippen LogP contribution is 2.11. The summed E-state index contributed by atoms with van der Waals surface area (Å²) in [7, 11) is 0. The third-order valence-corrected chi connectivity index (χ3v) is 3.67. The third kappa shape index (κ3) is 5.21. The summed E-state index contributed by atoms with van der Waals surface area (Å²) in [4.78, 5) is 11.1. The number of para-hydroxylation sites is 1. The van der Waals surface area contributed by atoms with Crippen LogP contribution in [0.3, 0.4) is 0 Å². The van der Waals surface area contributed by atoms with Crippen molar-refractivity contribution in [3.8, 4) is 0 Å². The van der Waals surface area contributed by atoms with Crippen LogP contribution < -0.4 is 16.0 Å². The smallest absolute Gasteiger partial charge is 0.220 e. The van der Waals surface area contributed by atoms with Gasteiger partial charge in [0.1, 0.15) is 0 Å². The highest BCUT2D eigenvalue weighted by Gasteiger charge is 2.21. The Morgan fingerprint density at radius 1 is 1.30 bits per heavy atom. The maximum atomic E-state index is 11.1. The summed E-state index contributed by atoms with van der Waals surface area (Å²) >= 11 is 0. The van der Waals surface area contributed by atoms with Gasteiger partial charge in [0.25, 0.3) is 0 Å². The first-order valence-electron chi connectivity index (χ1n) is 7.55. The summed E-state index contributed by atoms with van der Waals surface area (Å²) in [6, 6.07) is 11.1. The molecule has 0 unspecified atom stereocenters. The Labute approximate surface area is 121 Å². The van der Waals surface area contributed by atoms with Crippen LogP contribution in [0.5, 0.6) is 0 Å². The van der Waals surface area contributed by atoms with Crippen molar-refractivity contribution in [1.82, 2.24) is 10.6 Å². The van der Waals surface area contributed by atoms with Crippen molar-refractivity contribution < 1.29 is 4.79 Å². The van der Waals surface area contributed by atoms with E-state index < -0.39 is 0 Å². The molecule has 2 atom stereocenters. The van der Waals surface area contributed by atoms with E-state index in [4.69, 9.17) is 0 Å². The summed E-state index contributed by atoms with van der Waals surface area (Å²) in [6.45, 7) is 4.17. The molecule has 0 spiro atoms. The van der Waals surface area contributed by atoms with Crippen LogP contribution in [0.2, 0.25) is 0 Å². The molecule has 2 rings (SSSR count). The monoisotopic (exact) mass is 275 g/mol. The number of hydrogen-bond acceptors (Lipinski definition) is 3. The lowest BCUT2D eigenvalue weighted by Crippen LogP contribution is -2.35. The molecule has 3 N–H and O–H groups in total. The first-order chi connectivity index (χ1) is 9.74. The van der Waals surface area contributed by atoms with Crippen molar-refractivity contribution in [2.24, 2.45) is 0 Å². The predicted octanol–water partition coefficient (Wildman–Crippen LogP) is 2.14. The quantitative estimate of drug-likeness (QED) is 0.637. The molecule has 1 saturated heterocycles. The molecular formula is C16H25N3O. The normalized spacial score (nSPS) is 19.6. The van der Waals surface area contributed by atoms with E-state index in [1.165, 1.54) is 5.69 Å². The molecule has 0 aromatic heterocycles. The second kappa shape index (κ2) is 7.90. The summed E-state index contributed by atoms with van der Waals surface area (Å²) in [5.74, 6) is 0.203. The Morgan fingerprint density at radius 3 is 2.80 bits per heavy atom. The van der Waals surface area contributed by atoms with Gasteiger partial charge >= 0.3 is 0 Å². The van der Waals surface area contributed by atoms with Gasteiger partial charge in [-0.3, -0.25) is 4.79 Å². The number of amides is 1. The van der Waals surface area contributed by atoms with Crippen molar-refractivity contribution in [1.29, 1.82) is 0 Å². The van der Waals surface area contributed by atoms with E-state index in [2.05, 4.69) is 35.0 Å². The van der Waals surface area contributed by atoms with Gasteiger partial charge in [-0.05, 0) is 44.9 Å². The van der Waals surface area contributed by atoms with E-state index >= 15 is 0 Å². The third-order valence-electron chi connectivity index (χ3n) is 3.67. The van der Waals surface area contributed by atoms with Crippen LogP contribution in [0, 0.1) is 0 Å². The molecule has 1 amide bonds. The molecule has 0 saturated carbocycles. The average molecular weight is 275 g/mol. The standard InChI is InChI=1S/C16H25N3O/c1-13(12-15-8-9-16(20)19-15)17-10-5-11-18-14-6-3-2-4-7-14/h2-4,6-7,13,15,17-18H,5,8-12H2,1H3,(H,19,20)/t13-,15+/m0/s1. The Kier molecular flexibility index (Phi) is 5.87. The SMILES string of the molecule is C[C@@H](C[C@H]1CCC(=O)N1)NCCCNc1ccccc1. The Morgan fingerprint density at radius 2 is 2.10 bits per heavy atom. The van der Waals surface area contributed by atoms with Gasteiger partial charge in [-0.15, -0.1) is 0 Å². The number of benzene rings is 1. The zero-order chi connectivity index (χ0) is 14.2. The fourth-order valence-electron chi connectivity index (χ4n) is 2.59. The van der Waals surface area contributed by atoms with Crippen LogP contribution in [-0.2, 0) is 4.79 Å². The molecule has 0 bridgehead atoms. The largest absolute Gasteiger partial charge is 0.385 e. The topological polar surface area (TPSA) is 53.2 Å². The Hall–Kier alpha value is -1.55. The highest BCUT2D eigenvalue weighted by molar-refractivity contribution is 5.78. The molecule has 1 aromatic carbocycles. The van der Waals surface area contributed by atoms with Crippen LogP contribution in [0.15, 0.2) is 30.3 Å². The summed E-state index contributed by atoms with van der Waals surface area (Å²) in [5, 5.41) is 9.94. The zero-order valence-electron chi connectivity index (χ0n) is 12.2. The van der Waals surface area contributed by atoms with E-state index in [9.17, 15) is 4.79 Å². The zero-order valence-corrected chi connectivity index (χ0v) is 12.2. The minimum atomic E-state index is 0.203. The second-order valence-electron chi connectivity index (χ2n) is 5.54. The fourth-order valence-corrected chi connectivity index (χ4v) is 2.59. The number of carbonyl (C=O) groups excluding carboxylic acids is 1. The predicted molar refractivity (Wildman–Crippen MR) is 82.8 cm³/mol. The molecule has 1 heterocycles. The second-order valence-corrected chi connectivity index (χ2v) is 5.54. The van der Waals surface area contributed by atoms with Crippen molar-refractivity contribution >= 4 is 11.6 Å². The van der Waals surface area contributed by atoms with Crippen LogP contribution in [0.4, 0.5) is 5.69 Å². The van der Waals surface area contributed by atoms with E-state index in [1.807, 2.05) is 18.2 Å². The molecule has 1 fully saturated rings. The van der Waals surface area contributed by atoms with Crippen LogP contribution >= 0.6 is 0 Å². The first kappa shape index (κ1) is 14.9. The minimum Gasteiger partial charge on any atom is -0.385 e. The molecule has 110 valence electrons. The molecule has 0 aliphatic carbocycles. The van der Waals surface area contributed by atoms with Crippen molar-refractivity contribution in [2.45, 2.75) is 44.7 Å². The Balaban J connectivity index is 1.51. The molecule has 0 radical (unpaired) electrons. The molecule has 4 nitrogen and oxygen atoms in total. The van der Waals surface area contributed by atoms with Gasteiger partial charge in [-0.2, -0.15) is 0 Å². The van der Waals surface area contributed by atoms with Gasteiger partial charge in [0, 0.05) is 30.7 Å². The molecular weight excluding hydrogens is 250 g/mol. The molecule has 1 aliphatic heterocycles. The van der Waals surface area contributed by atoms with Gasteiger partial charge in [0.2, 0.25) is 5.91 Å². The molecule has 4 heteroatoms. The van der Waals surface area contributed by atoms with Gasteiger partial charge in [-0.1, -0.05) is 18.2 Å². The Bertz CT molecular complexity index is 407. The van der Waals surface area contributed by atoms with Crippen LogP contribution in [-0.4, -0.2) is 31.1 Å². The van der Waals surface area contributed by atoms with E-state index in [0.29, 0.717) is 18.5 Å². The van der Waals surface area contributed by atoms with Gasteiger partial charge < -0.3 is 16.0 Å². The van der Waals surface area contributed by atoms with E-state index in [0.717, 1.165) is 32.4 Å². The van der Waals surface area contributed by atoms with Crippen LogP contribution in [0.1, 0.15) is 32.6 Å². The summed E-state index contributed by atoms with van der Waals surface area (Å²) < 4.78 is 0. The maximum Gasteiger partial charge on any atom is 0.220 e. The number of carbonyl (C=O) groups is 1. The van der Waals surface area contributed by atoms with Crippen LogP contribution in [0.25, 0.3) is 0 Å². The summed E-state index contributed by atoms with van der Waals surface area (Å²) in [5.41, 5.74) is 1.18. The molecule has 1 aliphatic rings. The van der Waals surface area contributed by atoms with Gasteiger partial charge in [-0.25, -0.2) is 0 Å². The number of anilines is 1. The van der Waals surface area contributed by atoms with Crippen molar-refractivity contribution in [2.75, 3.05) is 18.4 Å². The highest BCUT2D eigenvalue weighted by atomic mass is 16.1. The number of hydrogen-bond donors (Lipinski definition) is 3. The lowest BCUT2D eigenvalue weighted by Gasteiger charge is -2.18. The van der Waals surface area contributed by atoms with E-state index in [1.54, 1.807) is 0 Å². The molecule has 1 aromatic rings. The van der Waals surface area contributed by atoms with Crippen molar-refractivity contribution in [3.05, 3.63) is 30.3 Å². The number of nitrogens with one attached hydrogen (secondary N) is 3.